The van der Waals surface area contributed by atoms with Gasteiger partial charge >= 0.3 is 0 Å². The largest absolute Gasteiger partial charge is 0.342 e. The molecule has 0 N–H and O–H groups in total. The molecule has 148 valence electrons. The Morgan fingerprint density at radius 1 is 1.07 bits per heavy atom. The van der Waals surface area contributed by atoms with Gasteiger partial charge in [0.1, 0.15) is 0 Å². The maximum absolute atomic E-state index is 12.7. The summed E-state index contributed by atoms with van der Waals surface area (Å²) >= 11 is 0. The van der Waals surface area contributed by atoms with Crippen molar-refractivity contribution < 1.29 is 9.59 Å². The van der Waals surface area contributed by atoms with Gasteiger partial charge in [0.05, 0.1) is 0 Å². The zero-order chi connectivity index (χ0) is 19.2. The molecular weight excluding hydrogens is 336 g/mol. The summed E-state index contributed by atoms with van der Waals surface area (Å²) in [5, 5.41) is 0. The maximum atomic E-state index is 12.7. The van der Waals surface area contributed by atoms with E-state index in [4.69, 9.17) is 0 Å². The number of likely N-dealkylation sites (tertiary alicyclic amines) is 1. The Kier molecular flexibility index (Phi) is 6.92. The molecule has 1 aromatic rings. The fraction of sp³-hybridized carbons (Fsp3) is 0.652. The van der Waals surface area contributed by atoms with Crippen molar-refractivity contribution in [1.29, 1.82) is 0 Å². The lowest BCUT2D eigenvalue weighted by Gasteiger charge is -2.32. The molecule has 1 heterocycles. The van der Waals surface area contributed by atoms with Crippen LogP contribution in [0.3, 0.4) is 0 Å². The van der Waals surface area contributed by atoms with Gasteiger partial charge in [-0.3, -0.25) is 9.59 Å². The predicted molar refractivity (Wildman–Crippen MR) is 109 cm³/mol. The molecule has 27 heavy (non-hydrogen) atoms. The molecule has 0 aromatic heterocycles. The number of nitrogens with zero attached hydrogens (tertiary/aromatic N) is 2. The Morgan fingerprint density at radius 3 is 2.41 bits per heavy atom. The number of hydrogen-bond donors (Lipinski definition) is 0. The fourth-order valence-corrected chi connectivity index (χ4v) is 4.09. The first kappa shape index (κ1) is 19.9. The molecule has 0 radical (unpaired) electrons. The zero-order valence-electron chi connectivity index (χ0n) is 17.0. The van der Waals surface area contributed by atoms with Crippen molar-refractivity contribution in [3.05, 3.63) is 35.4 Å². The third-order valence-corrected chi connectivity index (χ3v) is 6.07. The minimum absolute atomic E-state index is 0.154. The molecule has 1 saturated carbocycles. The molecule has 2 aliphatic rings. The molecule has 1 aromatic carbocycles. The highest BCUT2D eigenvalue weighted by Crippen LogP contribution is 2.30. The van der Waals surface area contributed by atoms with Crippen LogP contribution in [0.5, 0.6) is 0 Å². The van der Waals surface area contributed by atoms with Gasteiger partial charge in [0.2, 0.25) is 5.91 Å². The molecule has 3 rings (SSSR count). The van der Waals surface area contributed by atoms with Crippen molar-refractivity contribution in [3.8, 4) is 0 Å². The van der Waals surface area contributed by atoms with Gasteiger partial charge in [-0.15, -0.1) is 0 Å². The molecule has 1 saturated heterocycles. The van der Waals surface area contributed by atoms with Gasteiger partial charge in [0, 0.05) is 38.2 Å². The van der Waals surface area contributed by atoms with Crippen LogP contribution < -0.4 is 0 Å². The SMILES string of the molecule is CCCN(CC1CC1)C(=O)CCC1CCN(C(=O)c2ccccc2C)CC1. The van der Waals surface area contributed by atoms with E-state index in [-0.39, 0.29) is 5.91 Å². The van der Waals surface area contributed by atoms with Gasteiger partial charge in [0.25, 0.3) is 5.91 Å². The van der Waals surface area contributed by atoms with E-state index in [1.54, 1.807) is 0 Å². The standard InChI is InChI=1S/C23H34N2O2/c1-3-14-25(17-20-8-9-20)22(26)11-10-19-12-15-24(16-13-19)23(27)21-7-5-4-6-18(21)2/h4-7,19-20H,3,8-17H2,1-2H3. The minimum Gasteiger partial charge on any atom is -0.342 e. The number of rotatable bonds is 8. The Bertz CT molecular complexity index is 646. The van der Waals surface area contributed by atoms with Gasteiger partial charge in [-0.25, -0.2) is 0 Å². The first-order valence-corrected chi connectivity index (χ1v) is 10.7. The molecule has 0 unspecified atom stereocenters. The van der Waals surface area contributed by atoms with E-state index in [1.165, 1.54) is 12.8 Å². The van der Waals surface area contributed by atoms with Crippen molar-refractivity contribution in [2.45, 2.75) is 58.8 Å². The van der Waals surface area contributed by atoms with Crippen LogP contribution in [0.25, 0.3) is 0 Å². The van der Waals surface area contributed by atoms with Crippen LogP contribution in [0.2, 0.25) is 0 Å². The highest BCUT2D eigenvalue weighted by atomic mass is 16.2. The number of carbonyl (C=O) groups excluding carboxylic acids is 2. The van der Waals surface area contributed by atoms with Gasteiger partial charge in [-0.05, 0) is 68.9 Å². The lowest BCUT2D eigenvalue weighted by Crippen LogP contribution is -2.39. The van der Waals surface area contributed by atoms with E-state index in [0.29, 0.717) is 18.2 Å². The Hall–Kier alpha value is -1.84. The highest BCUT2D eigenvalue weighted by Gasteiger charge is 2.28. The zero-order valence-corrected chi connectivity index (χ0v) is 17.0. The maximum Gasteiger partial charge on any atom is 0.254 e. The lowest BCUT2D eigenvalue weighted by molar-refractivity contribution is -0.131. The summed E-state index contributed by atoms with van der Waals surface area (Å²) in [6.07, 6.45) is 7.29. The molecule has 1 aliphatic heterocycles. The van der Waals surface area contributed by atoms with E-state index in [9.17, 15) is 9.59 Å². The Morgan fingerprint density at radius 2 is 1.78 bits per heavy atom. The normalized spacial score (nSPS) is 17.8. The van der Waals surface area contributed by atoms with E-state index in [2.05, 4.69) is 11.8 Å². The van der Waals surface area contributed by atoms with Crippen LogP contribution in [0.15, 0.2) is 24.3 Å². The van der Waals surface area contributed by atoms with Crippen molar-refractivity contribution in [2.24, 2.45) is 11.8 Å². The summed E-state index contributed by atoms with van der Waals surface area (Å²) in [4.78, 5) is 29.4. The van der Waals surface area contributed by atoms with Gasteiger partial charge < -0.3 is 9.80 Å². The van der Waals surface area contributed by atoms with Gasteiger partial charge in [0.15, 0.2) is 0 Å². The highest BCUT2D eigenvalue weighted by molar-refractivity contribution is 5.95. The quantitative estimate of drug-likeness (QED) is 0.685. The van der Waals surface area contributed by atoms with E-state index in [1.807, 2.05) is 36.1 Å². The topological polar surface area (TPSA) is 40.6 Å². The van der Waals surface area contributed by atoms with Crippen LogP contribution in [0.1, 0.15) is 67.8 Å². The molecule has 4 heteroatoms. The number of benzene rings is 1. The monoisotopic (exact) mass is 370 g/mol. The predicted octanol–water partition coefficient (Wildman–Crippen LogP) is 4.28. The first-order chi connectivity index (χ1) is 13.1. The molecule has 0 spiro atoms. The molecule has 2 fully saturated rings. The second-order valence-corrected chi connectivity index (χ2v) is 8.37. The van der Waals surface area contributed by atoms with Crippen LogP contribution in [0, 0.1) is 18.8 Å². The smallest absolute Gasteiger partial charge is 0.254 e. The van der Waals surface area contributed by atoms with Crippen LogP contribution in [-0.4, -0.2) is 47.8 Å². The Balaban J connectivity index is 1.43. The minimum atomic E-state index is 0.154. The van der Waals surface area contributed by atoms with Crippen molar-refractivity contribution in [1.82, 2.24) is 9.80 Å². The summed E-state index contributed by atoms with van der Waals surface area (Å²) in [6.45, 7) is 7.64. The number of piperidine rings is 1. The molecule has 4 nitrogen and oxygen atoms in total. The first-order valence-electron chi connectivity index (χ1n) is 10.7. The van der Waals surface area contributed by atoms with Gasteiger partial charge in [-0.1, -0.05) is 25.1 Å². The molecule has 1 aliphatic carbocycles. The molecular formula is C23H34N2O2. The average molecular weight is 371 g/mol. The second-order valence-electron chi connectivity index (χ2n) is 8.37. The van der Waals surface area contributed by atoms with Gasteiger partial charge in [-0.2, -0.15) is 0 Å². The van der Waals surface area contributed by atoms with E-state index < -0.39 is 0 Å². The van der Waals surface area contributed by atoms with E-state index >= 15 is 0 Å². The fourth-order valence-electron chi connectivity index (χ4n) is 4.09. The lowest BCUT2D eigenvalue weighted by atomic mass is 9.91. The summed E-state index contributed by atoms with van der Waals surface area (Å²) < 4.78 is 0. The Labute approximate surface area is 163 Å². The van der Waals surface area contributed by atoms with Crippen molar-refractivity contribution in [3.63, 3.8) is 0 Å². The second kappa shape index (κ2) is 9.38. The van der Waals surface area contributed by atoms with Crippen molar-refractivity contribution >= 4 is 11.8 Å². The molecule has 0 bridgehead atoms. The third kappa shape index (κ3) is 5.57. The van der Waals surface area contributed by atoms with Crippen LogP contribution >= 0.6 is 0 Å². The summed E-state index contributed by atoms with van der Waals surface area (Å²) in [5.74, 6) is 1.82. The molecule has 2 amide bonds. The summed E-state index contributed by atoms with van der Waals surface area (Å²) in [5.41, 5.74) is 1.86. The number of amides is 2. The van der Waals surface area contributed by atoms with Crippen molar-refractivity contribution in [2.75, 3.05) is 26.2 Å². The van der Waals surface area contributed by atoms with Crippen LogP contribution in [0.4, 0.5) is 0 Å². The number of carbonyl (C=O) groups is 2. The van der Waals surface area contributed by atoms with Crippen LogP contribution in [-0.2, 0) is 4.79 Å². The average Bonchev–Trinajstić information content (AvgIpc) is 3.50. The van der Waals surface area contributed by atoms with E-state index in [0.717, 1.165) is 68.9 Å². The number of aryl methyl sites for hydroxylation is 1. The molecule has 0 atom stereocenters. The number of hydrogen-bond acceptors (Lipinski definition) is 2. The summed E-state index contributed by atoms with van der Waals surface area (Å²) in [6, 6.07) is 7.82. The summed E-state index contributed by atoms with van der Waals surface area (Å²) in [7, 11) is 0. The third-order valence-electron chi connectivity index (χ3n) is 6.07.